The molecule has 0 unspecified atom stereocenters. The second kappa shape index (κ2) is 6.61. The molecule has 2 nitrogen and oxygen atoms in total. The lowest BCUT2D eigenvalue weighted by Crippen LogP contribution is -1.95. The van der Waals surface area contributed by atoms with Crippen molar-refractivity contribution in [3.8, 4) is 0 Å². The molecule has 0 aliphatic rings. The van der Waals surface area contributed by atoms with Gasteiger partial charge in [-0.05, 0) is 30.0 Å². The minimum atomic E-state index is 0.669. The minimum absolute atomic E-state index is 0.669. The maximum absolute atomic E-state index is 4.95. The highest BCUT2D eigenvalue weighted by atomic mass is 32.1. The Morgan fingerprint density at radius 1 is 0.960 bits per heavy atom. The van der Waals surface area contributed by atoms with Gasteiger partial charge in [0, 0.05) is 20.5 Å². The van der Waals surface area contributed by atoms with Gasteiger partial charge in [-0.3, -0.25) is 0 Å². The molecular formula is C22H18N2S. The van der Waals surface area contributed by atoms with Gasteiger partial charge in [0.1, 0.15) is 0 Å². The number of nitrogens with zero attached hydrogens (tertiary/aromatic N) is 2. The van der Waals surface area contributed by atoms with Crippen LogP contribution in [0.1, 0.15) is 17.4 Å². The van der Waals surface area contributed by atoms with Crippen molar-refractivity contribution in [2.24, 2.45) is 9.98 Å². The van der Waals surface area contributed by atoms with Crippen LogP contribution in [0.15, 0.2) is 76.7 Å². The molecule has 122 valence electrons. The molecule has 3 aromatic carbocycles. The highest BCUT2D eigenvalue weighted by Gasteiger charge is 2.14. The van der Waals surface area contributed by atoms with Crippen LogP contribution in [-0.2, 0) is 6.42 Å². The van der Waals surface area contributed by atoms with Gasteiger partial charge in [-0.15, -0.1) is 11.3 Å². The lowest BCUT2D eigenvalue weighted by Gasteiger charge is -2.04. The lowest BCUT2D eigenvalue weighted by atomic mass is 10.1. The summed E-state index contributed by atoms with van der Waals surface area (Å²) in [7, 11) is 0. The predicted octanol–water partition coefficient (Wildman–Crippen LogP) is 6.40. The zero-order valence-corrected chi connectivity index (χ0v) is 14.9. The van der Waals surface area contributed by atoms with E-state index in [2.05, 4.69) is 55.0 Å². The molecule has 1 aromatic heterocycles. The molecule has 0 aliphatic carbocycles. The highest BCUT2D eigenvalue weighted by Crippen LogP contribution is 2.42. The Bertz CT molecular complexity index is 1090. The lowest BCUT2D eigenvalue weighted by molar-refractivity contribution is 1.18. The van der Waals surface area contributed by atoms with E-state index < -0.39 is 0 Å². The summed E-state index contributed by atoms with van der Waals surface area (Å²) in [4.78, 5) is 10.4. The van der Waals surface area contributed by atoms with Crippen LogP contribution in [-0.4, -0.2) is 12.6 Å². The quantitative estimate of drug-likeness (QED) is 0.304. The monoisotopic (exact) mass is 342 g/mol. The molecule has 1 heterocycles. The molecule has 3 heteroatoms. The molecule has 0 fully saturated rings. The number of hydrogen-bond donors (Lipinski definition) is 0. The van der Waals surface area contributed by atoms with E-state index in [0.29, 0.717) is 5.84 Å². The minimum Gasteiger partial charge on any atom is -0.245 e. The van der Waals surface area contributed by atoms with Gasteiger partial charge in [0.05, 0.1) is 5.69 Å². The van der Waals surface area contributed by atoms with Gasteiger partial charge >= 0.3 is 0 Å². The summed E-state index contributed by atoms with van der Waals surface area (Å²) in [5.41, 5.74) is 2.02. The summed E-state index contributed by atoms with van der Waals surface area (Å²) in [5, 5.41) is 3.70. The van der Waals surface area contributed by atoms with Crippen LogP contribution in [0.3, 0.4) is 0 Å². The SMILES string of the molecule is C=NC(=Nc1c(CC)sc2ccc3ccccc3c12)c1ccccc1. The second-order valence-corrected chi connectivity index (χ2v) is 6.98. The van der Waals surface area contributed by atoms with Crippen LogP contribution in [0, 0.1) is 0 Å². The number of hydrogen-bond acceptors (Lipinski definition) is 2. The van der Waals surface area contributed by atoms with Crippen LogP contribution in [0.25, 0.3) is 20.9 Å². The molecule has 4 rings (SSSR count). The van der Waals surface area contributed by atoms with E-state index in [-0.39, 0.29) is 0 Å². The fourth-order valence-corrected chi connectivity index (χ4v) is 4.24. The number of thiophene rings is 1. The van der Waals surface area contributed by atoms with Gasteiger partial charge < -0.3 is 0 Å². The first kappa shape index (κ1) is 15.7. The van der Waals surface area contributed by atoms with E-state index in [1.54, 1.807) is 0 Å². The third-order valence-electron chi connectivity index (χ3n) is 4.35. The molecule has 0 aliphatic heterocycles. The Labute approximate surface area is 151 Å². The standard InChI is InChI=1S/C22H18N2S/c1-3-18-21(24-22(23-2)16-10-5-4-6-11-16)20-17-12-8-7-9-15(17)13-14-19(20)25-18/h4-14H,2-3H2,1H3. The van der Waals surface area contributed by atoms with Crippen molar-refractivity contribution >= 4 is 50.4 Å². The average molecular weight is 342 g/mol. The van der Waals surface area contributed by atoms with Gasteiger partial charge in [0.25, 0.3) is 0 Å². The third kappa shape index (κ3) is 2.77. The van der Waals surface area contributed by atoms with Crippen LogP contribution in [0.5, 0.6) is 0 Å². The molecular weight excluding hydrogens is 324 g/mol. The highest BCUT2D eigenvalue weighted by molar-refractivity contribution is 7.20. The Hall–Kier alpha value is -2.78. The van der Waals surface area contributed by atoms with Crippen molar-refractivity contribution in [1.82, 2.24) is 0 Å². The maximum atomic E-state index is 4.95. The van der Waals surface area contributed by atoms with Gasteiger partial charge in [0.15, 0.2) is 5.84 Å². The van der Waals surface area contributed by atoms with Crippen molar-refractivity contribution in [2.75, 3.05) is 0 Å². The summed E-state index contributed by atoms with van der Waals surface area (Å²) in [6.45, 7) is 5.91. The Morgan fingerprint density at radius 3 is 2.48 bits per heavy atom. The topological polar surface area (TPSA) is 24.7 Å². The molecule has 0 spiro atoms. The van der Waals surface area contributed by atoms with E-state index in [1.165, 1.54) is 25.7 Å². The average Bonchev–Trinajstić information content (AvgIpc) is 3.04. The van der Waals surface area contributed by atoms with E-state index in [1.807, 2.05) is 41.7 Å². The number of aryl methyl sites for hydroxylation is 1. The molecule has 4 aromatic rings. The zero-order valence-electron chi connectivity index (χ0n) is 14.1. The first-order valence-electron chi connectivity index (χ1n) is 8.35. The summed E-state index contributed by atoms with van der Waals surface area (Å²) < 4.78 is 1.27. The molecule has 25 heavy (non-hydrogen) atoms. The van der Waals surface area contributed by atoms with Crippen molar-refractivity contribution in [1.29, 1.82) is 0 Å². The number of rotatable bonds is 3. The summed E-state index contributed by atoms with van der Waals surface area (Å²) in [6, 6.07) is 22.9. The normalized spacial score (nSPS) is 12.0. The summed E-state index contributed by atoms with van der Waals surface area (Å²) >= 11 is 1.82. The first-order valence-corrected chi connectivity index (χ1v) is 9.17. The van der Waals surface area contributed by atoms with Crippen molar-refractivity contribution < 1.29 is 0 Å². The van der Waals surface area contributed by atoms with E-state index >= 15 is 0 Å². The van der Waals surface area contributed by atoms with Crippen LogP contribution in [0.4, 0.5) is 5.69 Å². The first-order chi connectivity index (χ1) is 12.3. The van der Waals surface area contributed by atoms with Gasteiger partial charge in [0.2, 0.25) is 0 Å². The third-order valence-corrected chi connectivity index (χ3v) is 5.63. The summed E-state index contributed by atoms with van der Waals surface area (Å²) in [6.07, 6.45) is 0.950. The summed E-state index contributed by atoms with van der Waals surface area (Å²) in [5.74, 6) is 0.669. The number of benzene rings is 3. The Balaban J connectivity index is 2.04. The predicted molar refractivity (Wildman–Crippen MR) is 111 cm³/mol. The van der Waals surface area contributed by atoms with Crippen LogP contribution >= 0.6 is 11.3 Å². The molecule has 0 radical (unpaired) electrons. The molecule has 0 atom stereocenters. The van der Waals surface area contributed by atoms with E-state index in [4.69, 9.17) is 4.99 Å². The largest absolute Gasteiger partial charge is 0.245 e. The Kier molecular flexibility index (Phi) is 4.16. The molecule has 0 N–H and O–H groups in total. The van der Waals surface area contributed by atoms with Crippen LogP contribution in [0.2, 0.25) is 0 Å². The fourth-order valence-electron chi connectivity index (χ4n) is 3.14. The zero-order chi connectivity index (χ0) is 17.2. The number of aliphatic imine (C=N–C) groups is 2. The number of fused-ring (bicyclic) bond motifs is 3. The fraction of sp³-hybridized carbons (Fsp3) is 0.0909. The Morgan fingerprint density at radius 2 is 1.72 bits per heavy atom. The van der Waals surface area contributed by atoms with E-state index in [0.717, 1.165) is 17.7 Å². The second-order valence-electron chi connectivity index (χ2n) is 5.85. The van der Waals surface area contributed by atoms with Gasteiger partial charge in [-0.25, -0.2) is 9.98 Å². The van der Waals surface area contributed by atoms with E-state index in [9.17, 15) is 0 Å². The smallest absolute Gasteiger partial charge is 0.159 e. The van der Waals surface area contributed by atoms with Crippen molar-refractivity contribution in [3.05, 3.63) is 77.2 Å². The molecule has 0 saturated heterocycles. The number of amidine groups is 1. The van der Waals surface area contributed by atoms with Gasteiger partial charge in [-0.2, -0.15) is 0 Å². The maximum Gasteiger partial charge on any atom is 0.159 e. The van der Waals surface area contributed by atoms with Crippen LogP contribution < -0.4 is 0 Å². The molecule has 0 amide bonds. The van der Waals surface area contributed by atoms with Gasteiger partial charge in [-0.1, -0.05) is 67.6 Å². The van der Waals surface area contributed by atoms with Crippen molar-refractivity contribution in [3.63, 3.8) is 0 Å². The molecule has 0 bridgehead atoms. The molecule has 0 saturated carbocycles. The van der Waals surface area contributed by atoms with Crippen molar-refractivity contribution in [2.45, 2.75) is 13.3 Å².